The number of carbonyl (C=O) groups excluding carboxylic acids is 1. The Bertz CT molecular complexity index is 957. The van der Waals surface area contributed by atoms with Crippen LogP contribution >= 0.6 is 0 Å². The first kappa shape index (κ1) is 18.5. The Balaban J connectivity index is 1.63. The minimum Gasteiger partial charge on any atom is -0.348 e. The highest BCUT2D eigenvalue weighted by atomic mass is 16.2. The lowest BCUT2D eigenvalue weighted by atomic mass is 9.97. The van der Waals surface area contributed by atoms with Crippen molar-refractivity contribution in [2.75, 3.05) is 13.1 Å². The standard InChI is InChI=1S/C22H25N5O/c1-3-27(4-2)13-14-9-16(12-24-11-14)15-5-8-18-19(10-15)20(26-21(18)23)22(28)25-17-6-7-17/h5,8-12,17,23H,3-4,6-7,13H2,1-2H3,(H,25,28). The van der Waals surface area contributed by atoms with E-state index in [-0.39, 0.29) is 17.8 Å². The van der Waals surface area contributed by atoms with Crippen molar-refractivity contribution in [3.05, 3.63) is 53.3 Å². The summed E-state index contributed by atoms with van der Waals surface area (Å²) in [6, 6.07) is 8.22. The maximum atomic E-state index is 12.5. The van der Waals surface area contributed by atoms with E-state index in [1.165, 1.54) is 0 Å². The van der Waals surface area contributed by atoms with E-state index in [0.717, 1.165) is 54.7 Å². The molecule has 2 heterocycles. The molecule has 0 atom stereocenters. The van der Waals surface area contributed by atoms with Crippen LogP contribution in [0.2, 0.25) is 0 Å². The number of fused-ring (bicyclic) bond motifs is 1. The van der Waals surface area contributed by atoms with Crippen molar-refractivity contribution in [2.45, 2.75) is 39.3 Å². The molecule has 1 fully saturated rings. The van der Waals surface area contributed by atoms with Crippen molar-refractivity contribution in [3.8, 4) is 11.1 Å². The maximum absolute atomic E-state index is 12.5. The lowest BCUT2D eigenvalue weighted by Gasteiger charge is -2.18. The van der Waals surface area contributed by atoms with Crippen LogP contribution in [0.25, 0.3) is 11.1 Å². The minimum atomic E-state index is -0.184. The third-order valence-corrected chi connectivity index (χ3v) is 5.31. The molecule has 0 radical (unpaired) electrons. The van der Waals surface area contributed by atoms with Gasteiger partial charge in [0, 0.05) is 41.7 Å². The van der Waals surface area contributed by atoms with E-state index < -0.39 is 0 Å². The van der Waals surface area contributed by atoms with Gasteiger partial charge in [0.15, 0.2) is 5.84 Å². The number of nitrogens with zero attached hydrogens (tertiary/aromatic N) is 3. The Morgan fingerprint density at radius 3 is 2.64 bits per heavy atom. The second-order valence-corrected chi connectivity index (χ2v) is 7.36. The fourth-order valence-corrected chi connectivity index (χ4v) is 3.45. The first-order valence-electron chi connectivity index (χ1n) is 9.88. The first-order chi connectivity index (χ1) is 13.6. The molecule has 28 heavy (non-hydrogen) atoms. The average Bonchev–Trinajstić information content (AvgIpc) is 3.47. The number of nitrogens with one attached hydrogen (secondary N) is 2. The largest absolute Gasteiger partial charge is 0.348 e. The number of amides is 1. The van der Waals surface area contributed by atoms with E-state index in [4.69, 9.17) is 5.41 Å². The first-order valence-corrected chi connectivity index (χ1v) is 9.88. The number of pyridine rings is 1. The molecule has 1 saturated carbocycles. The van der Waals surface area contributed by atoms with Crippen LogP contribution in [0.5, 0.6) is 0 Å². The van der Waals surface area contributed by atoms with Gasteiger partial charge in [0.1, 0.15) is 5.71 Å². The monoisotopic (exact) mass is 375 g/mol. The van der Waals surface area contributed by atoms with Gasteiger partial charge in [0.05, 0.1) is 0 Å². The van der Waals surface area contributed by atoms with Gasteiger partial charge >= 0.3 is 0 Å². The predicted octanol–water partition coefficient (Wildman–Crippen LogP) is 3.00. The minimum absolute atomic E-state index is 0.149. The normalized spacial score (nSPS) is 15.5. The quantitative estimate of drug-likeness (QED) is 0.780. The van der Waals surface area contributed by atoms with E-state index in [1.807, 2.05) is 30.6 Å². The number of hydrogen-bond acceptors (Lipinski definition) is 4. The van der Waals surface area contributed by atoms with Gasteiger partial charge in [-0.15, -0.1) is 0 Å². The number of aliphatic imine (C=N–C) groups is 1. The molecule has 1 aromatic carbocycles. The molecular weight excluding hydrogens is 350 g/mol. The molecule has 6 heteroatoms. The number of benzene rings is 1. The predicted molar refractivity (Wildman–Crippen MR) is 111 cm³/mol. The molecule has 2 N–H and O–H groups in total. The highest BCUT2D eigenvalue weighted by Gasteiger charge is 2.30. The Kier molecular flexibility index (Phi) is 5.05. The molecule has 1 aliphatic carbocycles. The summed E-state index contributed by atoms with van der Waals surface area (Å²) < 4.78 is 0. The lowest BCUT2D eigenvalue weighted by molar-refractivity contribution is -0.114. The second kappa shape index (κ2) is 7.64. The van der Waals surface area contributed by atoms with Crippen molar-refractivity contribution < 1.29 is 4.79 Å². The third kappa shape index (κ3) is 3.73. The Morgan fingerprint density at radius 1 is 1.14 bits per heavy atom. The van der Waals surface area contributed by atoms with Crippen LogP contribution in [-0.4, -0.2) is 46.5 Å². The fourth-order valence-electron chi connectivity index (χ4n) is 3.45. The van der Waals surface area contributed by atoms with Gasteiger partial charge in [-0.2, -0.15) is 0 Å². The average molecular weight is 375 g/mol. The topological polar surface area (TPSA) is 81.4 Å². The molecule has 6 nitrogen and oxygen atoms in total. The van der Waals surface area contributed by atoms with E-state index in [9.17, 15) is 4.79 Å². The van der Waals surface area contributed by atoms with Gasteiger partial charge in [0.25, 0.3) is 5.91 Å². The smallest absolute Gasteiger partial charge is 0.270 e. The molecule has 0 unspecified atom stereocenters. The van der Waals surface area contributed by atoms with Gasteiger partial charge < -0.3 is 5.32 Å². The summed E-state index contributed by atoms with van der Waals surface area (Å²) in [7, 11) is 0. The highest BCUT2D eigenvalue weighted by molar-refractivity contribution is 6.50. The molecule has 2 aliphatic rings. The van der Waals surface area contributed by atoms with E-state index in [2.05, 4.69) is 40.1 Å². The lowest BCUT2D eigenvalue weighted by Crippen LogP contribution is -2.32. The van der Waals surface area contributed by atoms with Crippen LogP contribution in [0.4, 0.5) is 0 Å². The SMILES string of the molecule is CCN(CC)Cc1cncc(-c2ccc3c(c2)C(C(=O)NC2CC2)=NC3=N)c1. The van der Waals surface area contributed by atoms with Crippen molar-refractivity contribution in [2.24, 2.45) is 4.99 Å². The second-order valence-electron chi connectivity index (χ2n) is 7.36. The van der Waals surface area contributed by atoms with Crippen LogP contribution in [0.1, 0.15) is 43.4 Å². The fraction of sp³-hybridized carbons (Fsp3) is 0.364. The molecule has 0 bridgehead atoms. The Hall–Kier alpha value is -2.86. The number of carbonyl (C=O) groups is 1. The number of rotatable bonds is 7. The van der Waals surface area contributed by atoms with Crippen molar-refractivity contribution >= 4 is 17.5 Å². The van der Waals surface area contributed by atoms with E-state index in [1.54, 1.807) is 0 Å². The van der Waals surface area contributed by atoms with Gasteiger partial charge in [-0.1, -0.05) is 19.9 Å². The van der Waals surface area contributed by atoms with Gasteiger partial charge in [-0.3, -0.25) is 20.1 Å². The molecule has 4 rings (SSSR count). The van der Waals surface area contributed by atoms with Crippen LogP contribution < -0.4 is 5.32 Å². The number of aromatic nitrogens is 1. The van der Waals surface area contributed by atoms with Crippen molar-refractivity contribution in [1.29, 1.82) is 5.41 Å². The number of hydrogen-bond donors (Lipinski definition) is 2. The van der Waals surface area contributed by atoms with Gasteiger partial charge in [-0.25, -0.2) is 4.99 Å². The summed E-state index contributed by atoms with van der Waals surface area (Å²) in [5, 5.41) is 11.1. The van der Waals surface area contributed by atoms with Crippen LogP contribution in [0, 0.1) is 5.41 Å². The Labute approximate surface area is 165 Å². The summed E-state index contributed by atoms with van der Waals surface area (Å²) in [4.78, 5) is 23.5. The molecule has 144 valence electrons. The summed E-state index contributed by atoms with van der Waals surface area (Å²) in [5.74, 6) is -0.0348. The third-order valence-electron chi connectivity index (χ3n) is 5.31. The van der Waals surface area contributed by atoms with Crippen molar-refractivity contribution in [3.63, 3.8) is 0 Å². The summed E-state index contributed by atoms with van der Waals surface area (Å²) >= 11 is 0. The zero-order chi connectivity index (χ0) is 19.7. The van der Waals surface area contributed by atoms with E-state index >= 15 is 0 Å². The molecule has 1 aromatic heterocycles. The molecule has 0 saturated heterocycles. The highest BCUT2D eigenvalue weighted by Crippen LogP contribution is 2.28. The van der Waals surface area contributed by atoms with Gasteiger partial charge in [-0.05, 0) is 55.3 Å². The van der Waals surface area contributed by atoms with Crippen LogP contribution in [-0.2, 0) is 11.3 Å². The zero-order valence-corrected chi connectivity index (χ0v) is 16.3. The Morgan fingerprint density at radius 2 is 1.93 bits per heavy atom. The zero-order valence-electron chi connectivity index (χ0n) is 16.3. The number of amidine groups is 1. The maximum Gasteiger partial charge on any atom is 0.270 e. The van der Waals surface area contributed by atoms with Crippen LogP contribution in [0.3, 0.4) is 0 Å². The molecule has 0 spiro atoms. The molecule has 1 amide bonds. The molecular formula is C22H25N5O. The van der Waals surface area contributed by atoms with E-state index in [0.29, 0.717) is 11.3 Å². The summed E-state index contributed by atoms with van der Waals surface area (Å²) in [6.45, 7) is 7.17. The van der Waals surface area contributed by atoms with Crippen molar-refractivity contribution in [1.82, 2.24) is 15.2 Å². The summed E-state index contributed by atoms with van der Waals surface area (Å²) in [6.07, 6.45) is 5.79. The van der Waals surface area contributed by atoms with Gasteiger partial charge in [0.2, 0.25) is 0 Å². The summed E-state index contributed by atoms with van der Waals surface area (Å²) in [5.41, 5.74) is 4.93. The molecule has 2 aromatic rings. The molecule has 1 aliphatic heterocycles. The van der Waals surface area contributed by atoms with Crippen LogP contribution in [0.15, 0.2) is 41.7 Å².